The van der Waals surface area contributed by atoms with Crippen LogP contribution in [0.25, 0.3) is 0 Å². The number of nitrogens with one attached hydrogen (secondary N) is 1. The molecule has 0 saturated carbocycles. The third kappa shape index (κ3) is 4.98. The molecule has 0 aliphatic carbocycles. The number of amides is 1. The Kier molecular flexibility index (Phi) is 5.56. The highest BCUT2D eigenvalue weighted by molar-refractivity contribution is 5.95. The number of halogens is 2. The second-order valence-electron chi connectivity index (χ2n) is 5.74. The van der Waals surface area contributed by atoms with Crippen LogP contribution < -0.4 is 10.1 Å². The molecule has 1 amide bonds. The fourth-order valence-corrected chi connectivity index (χ4v) is 2.42. The third-order valence-electron chi connectivity index (χ3n) is 3.70. The van der Waals surface area contributed by atoms with E-state index in [1.807, 2.05) is 30.3 Å². The van der Waals surface area contributed by atoms with Gasteiger partial charge in [-0.1, -0.05) is 36.4 Å². The molecule has 3 rings (SSSR count). The van der Waals surface area contributed by atoms with Gasteiger partial charge in [-0.3, -0.25) is 4.79 Å². The van der Waals surface area contributed by atoms with Gasteiger partial charge in [0.1, 0.15) is 17.4 Å². The number of carbonyl (C=O) groups is 2. The van der Waals surface area contributed by atoms with E-state index in [2.05, 4.69) is 5.32 Å². The van der Waals surface area contributed by atoms with Crippen molar-refractivity contribution in [3.63, 3.8) is 0 Å². The molecule has 0 bridgehead atoms. The minimum Gasteiger partial charge on any atom is -0.423 e. The molecule has 0 aliphatic rings. The first kappa shape index (κ1) is 18.3. The molecule has 0 heterocycles. The number of carbonyl (C=O) groups excluding carboxylic acids is 2. The van der Waals surface area contributed by atoms with Crippen molar-refractivity contribution in [3.05, 3.63) is 101 Å². The van der Waals surface area contributed by atoms with Crippen molar-refractivity contribution in [2.45, 2.75) is 6.54 Å². The number of benzene rings is 3. The molecule has 0 aliphatic heterocycles. The summed E-state index contributed by atoms with van der Waals surface area (Å²) < 4.78 is 31.6. The fourth-order valence-electron chi connectivity index (χ4n) is 2.42. The number of hydrogen-bond acceptors (Lipinski definition) is 3. The molecule has 0 unspecified atom stereocenters. The van der Waals surface area contributed by atoms with Gasteiger partial charge in [-0.2, -0.15) is 0 Å². The van der Waals surface area contributed by atoms with Crippen molar-refractivity contribution in [1.29, 1.82) is 0 Å². The van der Waals surface area contributed by atoms with Gasteiger partial charge in [-0.15, -0.1) is 0 Å². The van der Waals surface area contributed by atoms with Gasteiger partial charge in [0.25, 0.3) is 5.91 Å². The van der Waals surface area contributed by atoms with E-state index in [9.17, 15) is 18.4 Å². The second-order valence-corrected chi connectivity index (χ2v) is 5.74. The topological polar surface area (TPSA) is 55.4 Å². The lowest BCUT2D eigenvalue weighted by Gasteiger charge is -2.08. The van der Waals surface area contributed by atoms with Crippen molar-refractivity contribution in [3.8, 4) is 5.75 Å². The first-order chi connectivity index (χ1) is 13.0. The van der Waals surface area contributed by atoms with Gasteiger partial charge >= 0.3 is 5.97 Å². The SMILES string of the molecule is O=C(NCc1ccccc1)c1cccc(OC(=O)c2cc(F)cc(F)c2)c1. The minimum absolute atomic E-state index is 0.0945. The van der Waals surface area contributed by atoms with E-state index in [0.717, 1.165) is 17.7 Å². The maximum absolute atomic E-state index is 13.2. The van der Waals surface area contributed by atoms with Crippen LogP contribution >= 0.6 is 0 Å². The summed E-state index contributed by atoms with van der Waals surface area (Å²) in [6.45, 7) is 0.353. The van der Waals surface area contributed by atoms with Crippen molar-refractivity contribution in [2.24, 2.45) is 0 Å². The monoisotopic (exact) mass is 367 g/mol. The zero-order valence-corrected chi connectivity index (χ0v) is 14.1. The van der Waals surface area contributed by atoms with Gasteiger partial charge in [0.2, 0.25) is 0 Å². The van der Waals surface area contributed by atoms with Crippen LogP contribution in [0.1, 0.15) is 26.3 Å². The Hall–Kier alpha value is -3.54. The Morgan fingerprint density at radius 2 is 1.52 bits per heavy atom. The highest BCUT2D eigenvalue weighted by Crippen LogP contribution is 2.17. The largest absolute Gasteiger partial charge is 0.423 e. The van der Waals surface area contributed by atoms with Gasteiger partial charge in [-0.25, -0.2) is 13.6 Å². The van der Waals surface area contributed by atoms with Gasteiger partial charge < -0.3 is 10.1 Å². The zero-order chi connectivity index (χ0) is 19.2. The summed E-state index contributed by atoms with van der Waals surface area (Å²) in [5.74, 6) is -2.92. The fraction of sp³-hybridized carbons (Fsp3) is 0.0476. The standard InChI is InChI=1S/C21H15F2NO3/c22-17-9-16(10-18(23)12-17)21(26)27-19-8-4-7-15(11-19)20(25)24-13-14-5-2-1-3-6-14/h1-12H,13H2,(H,24,25). The first-order valence-electron chi connectivity index (χ1n) is 8.12. The van der Waals surface area contributed by atoms with Crippen LogP contribution in [0.5, 0.6) is 5.75 Å². The van der Waals surface area contributed by atoms with E-state index in [1.54, 1.807) is 12.1 Å². The molecular formula is C21H15F2NO3. The number of rotatable bonds is 5. The van der Waals surface area contributed by atoms with Crippen LogP contribution in [0.3, 0.4) is 0 Å². The molecule has 6 heteroatoms. The van der Waals surface area contributed by atoms with Crippen LogP contribution in [-0.2, 0) is 6.54 Å². The van der Waals surface area contributed by atoms with Crippen LogP contribution in [0.2, 0.25) is 0 Å². The van der Waals surface area contributed by atoms with Crippen LogP contribution in [0.15, 0.2) is 72.8 Å². The van der Waals surface area contributed by atoms with Crippen molar-refractivity contribution < 1.29 is 23.1 Å². The molecule has 4 nitrogen and oxygen atoms in total. The third-order valence-corrected chi connectivity index (χ3v) is 3.70. The van der Waals surface area contributed by atoms with Gasteiger partial charge in [0, 0.05) is 18.2 Å². The molecule has 136 valence electrons. The normalized spacial score (nSPS) is 10.3. The second kappa shape index (κ2) is 8.23. The summed E-state index contributed by atoms with van der Waals surface area (Å²) in [5, 5.41) is 2.76. The predicted octanol–water partition coefficient (Wildman–Crippen LogP) is 4.11. The van der Waals surface area contributed by atoms with E-state index in [0.29, 0.717) is 18.2 Å². The highest BCUT2D eigenvalue weighted by atomic mass is 19.1. The molecule has 1 N–H and O–H groups in total. The van der Waals surface area contributed by atoms with E-state index in [-0.39, 0.29) is 17.2 Å². The first-order valence-corrected chi connectivity index (χ1v) is 8.12. The Bertz CT molecular complexity index is 954. The van der Waals surface area contributed by atoms with Crippen LogP contribution in [0, 0.1) is 11.6 Å². The summed E-state index contributed by atoms with van der Waals surface area (Å²) in [4.78, 5) is 24.3. The lowest BCUT2D eigenvalue weighted by Crippen LogP contribution is -2.22. The van der Waals surface area contributed by atoms with Gasteiger partial charge in [0.05, 0.1) is 5.56 Å². The van der Waals surface area contributed by atoms with Crippen LogP contribution in [0.4, 0.5) is 8.78 Å². The average molecular weight is 367 g/mol. The average Bonchev–Trinajstić information content (AvgIpc) is 2.66. The molecule has 3 aromatic carbocycles. The Morgan fingerprint density at radius 1 is 0.815 bits per heavy atom. The molecule has 27 heavy (non-hydrogen) atoms. The smallest absolute Gasteiger partial charge is 0.343 e. The van der Waals surface area contributed by atoms with Crippen LogP contribution in [-0.4, -0.2) is 11.9 Å². The lowest BCUT2D eigenvalue weighted by molar-refractivity contribution is 0.0732. The Morgan fingerprint density at radius 3 is 2.22 bits per heavy atom. The maximum Gasteiger partial charge on any atom is 0.343 e. The summed E-state index contributed by atoms with van der Waals surface area (Å²) in [6.07, 6.45) is 0. The van der Waals surface area contributed by atoms with E-state index in [4.69, 9.17) is 4.74 Å². The summed E-state index contributed by atoms with van der Waals surface area (Å²) >= 11 is 0. The highest BCUT2D eigenvalue weighted by Gasteiger charge is 2.13. The Balaban J connectivity index is 1.67. The van der Waals surface area contributed by atoms with E-state index >= 15 is 0 Å². The quantitative estimate of drug-likeness (QED) is 0.545. The van der Waals surface area contributed by atoms with Crippen molar-refractivity contribution >= 4 is 11.9 Å². The summed E-state index contributed by atoms with van der Waals surface area (Å²) in [7, 11) is 0. The maximum atomic E-state index is 13.2. The van der Waals surface area contributed by atoms with Gasteiger partial charge in [0.15, 0.2) is 0 Å². The molecule has 0 spiro atoms. The van der Waals surface area contributed by atoms with E-state index < -0.39 is 17.6 Å². The van der Waals surface area contributed by atoms with E-state index in [1.165, 1.54) is 12.1 Å². The number of hydrogen-bond donors (Lipinski definition) is 1. The molecule has 0 saturated heterocycles. The van der Waals surface area contributed by atoms with Crippen molar-refractivity contribution in [1.82, 2.24) is 5.32 Å². The summed E-state index contributed by atoms with van der Waals surface area (Å²) in [5.41, 5.74) is 0.981. The summed E-state index contributed by atoms with van der Waals surface area (Å²) in [6, 6.07) is 17.8. The number of esters is 1. The molecule has 0 atom stereocenters. The molecule has 0 fully saturated rings. The molecule has 3 aromatic rings. The molecule has 0 radical (unpaired) electrons. The zero-order valence-electron chi connectivity index (χ0n) is 14.1. The molecule has 0 aromatic heterocycles. The van der Waals surface area contributed by atoms with Gasteiger partial charge in [-0.05, 0) is 35.9 Å². The number of ether oxygens (including phenoxy) is 1. The predicted molar refractivity (Wildman–Crippen MR) is 95.4 cm³/mol. The van der Waals surface area contributed by atoms with Crippen molar-refractivity contribution in [2.75, 3.05) is 0 Å². The minimum atomic E-state index is -0.921. The Labute approximate surface area is 154 Å². The lowest BCUT2D eigenvalue weighted by atomic mass is 10.2. The molecular weight excluding hydrogens is 352 g/mol.